The summed E-state index contributed by atoms with van der Waals surface area (Å²) in [5.74, 6) is -0.989. The van der Waals surface area contributed by atoms with E-state index in [9.17, 15) is 9.59 Å². The minimum Gasteiger partial charge on any atom is -0.480 e. The molecule has 1 atom stereocenters. The summed E-state index contributed by atoms with van der Waals surface area (Å²) in [7, 11) is 0. The molecule has 1 heterocycles. The lowest BCUT2D eigenvalue weighted by Crippen LogP contribution is -2.41. The largest absolute Gasteiger partial charge is 0.480 e. The fourth-order valence-electron chi connectivity index (χ4n) is 1.16. The van der Waals surface area contributed by atoms with Crippen molar-refractivity contribution in [2.75, 3.05) is 12.0 Å². The van der Waals surface area contributed by atoms with Crippen LogP contribution in [0.15, 0.2) is 16.5 Å². The number of carboxylic acid groups (broad SMARTS) is 1. The highest BCUT2D eigenvalue weighted by Gasteiger charge is 2.21. The van der Waals surface area contributed by atoms with Gasteiger partial charge in [0, 0.05) is 0 Å². The predicted molar refractivity (Wildman–Crippen MR) is 65.6 cm³/mol. The molecule has 1 unspecified atom stereocenters. The van der Waals surface area contributed by atoms with Crippen LogP contribution in [-0.4, -0.2) is 35.0 Å². The van der Waals surface area contributed by atoms with E-state index in [2.05, 4.69) is 5.32 Å². The van der Waals surface area contributed by atoms with Gasteiger partial charge in [-0.2, -0.15) is 11.8 Å². The number of nitrogens with one attached hydrogen (secondary N) is 1. The quantitative estimate of drug-likeness (QED) is 0.830. The van der Waals surface area contributed by atoms with Gasteiger partial charge in [0.15, 0.2) is 11.0 Å². The molecular formula is C10H12ClNO4S. The molecule has 7 heteroatoms. The first-order valence-electron chi connectivity index (χ1n) is 4.82. The van der Waals surface area contributed by atoms with Gasteiger partial charge >= 0.3 is 5.97 Å². The monoisotopic (exact) mass is 277 g/mol. The minimum atomic E-state index is -1.06. The molecule has 94 valence electrons. The van der Waals surface area contributed by atoms with E-state index >= 15 is 0 Å². The second-order valence-corrected chi connectivity index (χ2v) is 4.61. The van der Waals surface area contributed by atoms with Crippen LogP contribution in [0.25, 0.3) is 0 Å². The highest BCUT2D eigenvalue weighted by atomic mass is 35.5. The molecule has 0 aliphatic carbocycles. The number of halogens is 1. The van der Waals surface area contributed by atoms with E-state index in [0.29, 0.717) is 12.2 Å². The van der Waals surface area contributed by atoms with Gasteiger partial charge in [-0.05, 0) is 42.2 Å². The Morgan fingerprint density at radius 3 is 2.76 bits per heavy atom. The summed E-state index contributed by atoms with van der Waals surface area (Å²) in [6, 6.07) is 1.90. The number of hydrogen-bond donors (Lipinski definition) is 2. The number of furan rings is 1. The Morgan fingerprint density at radius 1 is 1.59 bits per heavy atom. The Balaban J connectivity index is 2.60. The van der Waals surface area contributed by atoms with Crippen molar-refractivity contribution < 1.29 is 19.1 Å². The van der Waals surface area contributed by atoms with Crippen molar-refractivity contribution in [3.8, 4) is 0 Å². The van der Waals surface area contributed by atoms with Crippen molar-refractivity contribution in [1.29, 1.82) is 0 Å². The SMILES string of the molecule is CSCCC(NC(=O)c1ccc(Cl)o1)C(=O)O. The molecule has 0 bridgehead atoms. The molecule has 0 aliphatic heterocycles. The van der Waals surface area contributed by atoms with Gasteiger partial charge in [-0.3, -0.25) is 4.79 Å². The molecule has 0 radical (unpaired) electrons. The summed E-state index contributed by atoms with van der Waals surface area (Å²) in [5.41, 5.74) is 0. The number of hydrogen-bond acceptors (Lipinski definition) is 4. The summed E-state index contributed by atoms with van der Waals surface area (Å²) >= 11 is 7.04. The second kappa shape index (κ2) is 6.56. The maximum atomic E-state index is 11.6. The third-order valence-electron chi connectivity index (χ3n) is 2.01. The Hall–Kier alpha value is -1.14. The Bertz CT molecular complexity index is 407. The number of carboxylic acids is 1. The molecular weight excluding hydrogens is 266 g/mol. The average molecular weight is 278 g/mol. The molecule has 0 aliphatic rings. The third kappa shape index (κ3) is 4.32. The molecule has 1 aromatic heterocycles. The molecule has 17 heavy (non-hydrogen) atoms. The lowest BCUT2D eigenvalue weighted by molar-refractivity contribution is -0.139. The number of carbonyl (C=O) groups is 2. The van der Waals surface area contributed by atoms with Crippen LogP contribution in [0.4, 0.5) is 0 Å². The van der Waals surface area contributed by atoms with E-state index < -0.39 is 17.9 Å². The Labute approximate surface area is 108 Å². The highest BCUT2D eigenvalue weighted by molar-refractivity contribution is 7.98. The van der Waals surface area contributed by atoms with Crippen molar-refractivity contribution in [1.82, 2.24) is 5.32 Å². The topological polar surface area (TPSA) is 79.5 Å². The Morgan fingerprint density at radius 2 is 2.29 bits per heavy atom. The Kier molecular flexibility index (Phi) is 5.37. The molecule has 1 rings (SSSR count). The van der Waals surface area contributed by atoms with Crippen LogP contribution >= 0.6 is 23.4 Å². The zero-order chi connectivity index (χ0) is 12.8. The average Bonchev–Trinajstić information content (AvgIpc) is 2.70. The third-order valence-corrected chi connectivity index (χ3v) is 2.86. The fourth-order valence-corrected chi connectivity index (χ4v) is 1.78. The molecule has 0 spiro atoms. The van der Waals surface area contributed by atoms with E-state index in [4.69, 9.17) is 21.1 Å². The van der Waals surface area contributed by atoms with Crippen molar-refractivity contribution in [3.05, 3.63) is 23.1 Å². The van der Waals surface area contributed by atoms with Crippen LogP contribution in [0.3, 0.4) is 0 Å². The second-order valence-electron chi connectivity index (χ2n) is 3.25. The van der Waals surface area contributed by atoms with Gasteiger partial charge in [0.25, 0.3) is 5.91 Å². The number of amides is 1. The first-order chi connectivity index (χ1) is 8.04. The van der Waals surface area contributed by atoms with E-state index in [0.717, 1.165) is 0 Å². The van der Waals surface area contributed by atoms with Gasteiger partial charge in [-0.1, -0.05) is 0 Å². The maximum Gasteiger partial charge on any atom is 0.326 e. The summed E-state index contributed by atoms with van der Waals surface area (Å²) in [5, 5.41) is 11.4. The van der Waals surface area contributed by atoms with Crippen molar-refractivity contribution in [2.45, 2.75) is 12.5 Å². The van der Waals surface area contributed by atoms with Gasteiger partial charge in [-0.25, -0.2) is 4.79 Å². The van der Waals surface area contributed by atoms with Gasteiger partial charge < -0.3 is 14.8 Å². The molecule has 5 nitrogen and oxygen atoms in total. The summed E-state index contributed by atoms with van der Waals surface area (Å²) < 4.78 is 4.89. The van der Waals surface area contributed by atoms with E-state index in [-0.39, 0.29) is 11.0 Å². The number of aliphatic carboxylic acids is 1. The van der Waals surface area contributed by atoms with Gasteiger partial charge in [-0.15, -0.1) is 0 Å². The molecule has 0 saturated carbocycles. The summed E-state index contributed by atoms with van der Waals surface area (Å²) in [4.78, 5) is 22.5. The summed E-state index contributed by atoms with van der Waals surface area (Å²) in [6.07, 6.45) is 2.23. The van der Waals surface area contributed by atoms with Crippen LogP contribution in [0.1, 0.15) is 17.0 Å². The number of carbonyl (C=O) groups excluding carboxylic acids is 1. The van der Waals surface area contributed by atoms with E-state index in [1.807, 2.05) is 6.26 Å². The van der Waals surface area contributed by atoms with Gasteiger partial charge in [0.2, 0.25) is 0 Å². The highest BCUT2D eigenvalue weighted by Crippen LogP contribution is 2.13. The zero-order valence-electron chi connectivity index (χ0n) is 9.10. The van der Waals surface area contributed by atoms with E-state index in [1.165, 1.54) is 23.9 Å². The lowest BCUT2D eigenvalue weighted by Gasteiger charge is -2.12. The van der Waals surface area contributed by atoms with Crippen LogP contribution < -0.4 is 5.32 Å². The van der Waals surface area contributed by atoms with Crippen molar-refractivity contribution in [3.63, 3.8) is 0 Å². The van der Waals surface area contributed by atoms with Gasteiger partial charge in [0.05, 0.1) is 0 Å². The van der Waals surface area contributed by atoms with Crippen LogP contribution in [0, 0.1) is 0 Å². The minimum absolute atomic E-state index is 0.00500. The van der Waals surface area contributed by atoms with E-state index in [1.54, 1.807) is 0 Å². The van der Waals surface area contributed by atoms with Gasteiger partial charge in [0.1, 0.15) is 6.04 Å². The van der Waals surface area contributed by atoms with Crippen LogP contribution in [0.2, 0.25) is 5.22 Å². The lowest BCUT2D eigenvalue weighted by atomic mass is 10.2. The fraction of sp³-hybridized carbons (Fsp3) is 0.400. The first-order valence-corrected chi connectivity index (χ1v) is 6.59. The number of thioether (sulfide) groups is 1. The normalized spacial score (nSPS) is 12.1. The van der Waals surface area contributed by atoms with Crippen molar-refractivity contribution in [2.24, 2.45) is 0 Å². The van der Waals surface area contributed by atoms with Crippen LogP contribution in [-0.2, 0) is 4.79 Å². The zero-order valence-corrected chi connectivity index (χ0v) is 10.7. The molecule has 1 aromatic rings. The molecule has 0 saturated heterocycles. The van der Waals surface area contributed by atoms with Crippen molar-refractivity contribution >= 4 is 35.2 Å². The predicted octanol–water partition coefficient (Wildman–Crippen LogP) is 1.87. The molecule has 1 amide bonds. The standard InChI is InChI=1S/C10H12ClNO4S/c1-17-5-4-6(10(14)15)12-9(13)7-2-3-8(11)16-7/h2-3,6H,4-5H2,1H3,(H,12,13)(H,14,15). The molecule has 0 fully saturated rings. The molecule has 2 N–H and O–H groups in total. The summed E-state index contributed by atoms with van der Waals surface area (Å²) in [6.45, 7) is 0. The first kappa shape index (κ1) is 13.9. The maximum absolute atomic E-state index is 11.6. The molecule has 0 aromatic carbocycles. The smallest absolute Gasteiger partial charge is 0.326 e. The number of rotatable bonds is 6. The van der Waals surface area contributed by atoms with Crippen LogP contribution in [0.5, 0.6) is 0 Å².